The van der Waals surface area contributed by atoms with Crippen molar-refractivity contribution in [3.63, 3.8) is 0 Å². The van der Waals surface area contributed by atoms with E-state index in [-0.39, 0.29) is 23.8 Å². The summed E-state index contributed by atoms with van der Waals surface area (Å²) < 4.78 is 0. The van der Waals surface area contributed by atoms with Gasteiger partial charge in [0, 0.05) is 28.5 Å². The standard InChI is InChI=1S/C19H16ClN3O3/c20-13-8-6-12(7-9-13)17(25)14(16-18(21)22-23-19(16)26)10-15(24)11-4-2-1-3-5-11/h1-9,14,16H,10H2,(H2,21,22)(H,23,26). The molecule has 2 atom stereocenters. The van der Waals surface area contributed by atoms with Crippen LogP contribution in [0.5, 0.6) is 0 Å². The largest absolute Gasteiger partial charge is 0.385 e. The van der Waals surface area contributed by atoms with Gasteiger partial charge in [0.25, 0.3) is 5.91 Å². The number of rotatable bonds is 6. The third-order valence-electron chi connectivity index (χ3n) is 4.27. The van der Waals surface area contributed by atoms with Gasteiger partial charge in [0.15, 0.2) is 11.6 Å². The lowest BCUT2D eigenvalue weighted by atomic mass is 9.80. The Kier molecular flexibility index (Phi) is 5.14. The van der Waals surface area contributed by atoms with Gasteiger partial charge in [0.1, 0.15) is 11.8 Å². The van der Waals surface area contributed by atoms with E-state index < -0.39 is 17.7 Å². The first kappa shape index (κ1) is 17.8. The van der Waals surface area contributed by atoms with Crippen molar-refractivity contribution in [3.8, 4) is 0 Å². The lowest BCUT2D eigenvalue weighted by Crippen LogP contribution is -2.39. The van der Waals surface area contributed by atoms with Crippen molar-refractivity contribution in [2.75, 3.05) is 0 Å². The number of halogens is 1. The van der Waals surface area contributed by atoms with Crippen molar-refractivity contribution in [2.45, 2.75) is 6.42 Å². The van der Waals surface area contributed by atoms with Crippen LogP contribution in [0.25, 0.3) is 0 Å². The minimum absolute atomic E-state index is 0.00294. The van der Waals surface area contributed by atoms with Crippen LogP contribution in [0.2, 0.25) is 5.02 Å². The molecule has 1 aliphatic heterocycles. The lowest BCUT2D eigenvalue weighted by Gasteiger charge is -2.20. The van der Waals surface area contributed by atoms with Gasteiger partial charge >= 0.3 is 0 Å². The van der Waals surface area contributed by atoms with E-state index in [1.54, 1.807) is 54.6 Å². The van der Waals surface area contributed by atoms with Gasteiger partial charge in [-0.1, -0.05) is 41.9 Å². The Morgan fingerprint density at radius 2 is 1.73 bits per heavy atom. The molecule has 3 rings (SSSR count). The SMILES string of the molecule is NC1=NNC(=O)C1C(CC(=O)c1ccccc1)C(=O)c1ccc(Cl)cc1. The number of Topliss-reactive ketones (excluding diaryl/α,β-unsaturated/α-hetero) is 2. The summed E-state index contributed by atoms with van der Waals surface area (Å²) in [5.41, 5.74) is 8.90. The van der Waals surface area contributed by atoms with Gasteiger partial charge in [0.05, 0.1) is 0 Å². The highest BCUT2D eigenvalue weighted by atomic mass is 35.5. The molecule has 0 aromatic heterocycles. The highest BCUT2D eigenvalue weighted by Gasteiger charge is 2.41. The van der Waals surface area contributed by atoms with E-state index in [0.717, 1.165) is 0 Å². The zero-order valence-corrected chi connectivity index (χ0v) is 14.4. The number of hydrazone groups is 1. The molecule has 0 radical (unpaired) electrons. The molecule has 0 saturated heterocycles. The second-order valence-corrected chi connectivity index (χ2v) is 6.40. The van der Waals surface area contributed by atoms with Gasteiger partial charge in [-0.25, -0.2) is 5.43 Å². The Morgan fingerprint density at radius 1 is 1.08 bits per heavy atom. The summed E-state index contributed by atoms with van der Waals surface area (Å²) in [6.45, 7) is 0. The van der Waals surface area contributed by atoms with Gasteiger partial charge < -0.3 is 5.73 Å². The molecule has 0 spiro atoms. The average Bonchev–Trinajstić information content (AvgIpc) is 2.99. The Bertz CT molecular complexity index is 879. The number of benzene rings is 2. The quantitative estimate of drug-likeness (QED) is 0.763. The molecule has 0 aliphatic carbocycles. The van der Waals surface area contributed by atoms with Crippen LogP contribution in [0.4, 0.5) is 0 Å². The Morgan fingerprint density at radius 3 is 2.31 bits per heavy atom. The van der Waals surface area contributed by atoms with E-state index in [1.807, 2.05) is 0 Å². The van der Waals surface area contributed by atoms with E-state index in [0.29, 0.717) is 16.1 Å². The van der Waals surface area contributed by atoms with Crippen LogP contribution in [-0.4, -0.2) is 23.3 Å². The van der Waals surface area contributed by atoms with E-state index >= 15 is 0 Å². The van der Waals surface area contributed by atoms with E-state index in [9.17, 15) is 14.4 Å². The first-order valence-corrected chi connectivity index (χ1v) is 8.36. The number of hydrogen-bond donors (Lipinski definition) is 2. The maximum absolute atomic E-state index is 13.0. The topological polar surface area (TPSA) is 102 Å². The summed E-state index contributed by atoms with van der Waals surface area (Å²) in [7, 11) is 0. The number of nitrogens with zero attached hydrogens (tertiary/aromatic N) is 1. The van der Waals surface area contributed by atoms with Crippen LogP contribution >= 0.6 is 11.6 Å². The van der Waals surface area contributed by atoms with Crippen molar-refractivity contribution in [1.82, 2.24) is 5.43 Å². The molecule has 1 heterocycles. The predicted molar refractivity (Wildman–Crippen MR) is 97.9 cm³/mol. The minimum Gasteiger partial charge on any atom is -0.385 e. The number of nitrogens with one attached hydrogen (secondary N) is 1. The second kappa shape index (κ2) is 7.49. The highest BCUT2D eigenvalue weighted by molar-refractivity contribution is 6.30. The predicted octanol–water partition coefficient (Wildman–Crippen LogP) is 2.43. The number of ketones is 2. The van der Waals surface area contributed by atoms with Crippen molar-refractivity contribution < 1.29 is 14.4 Å². The van der Waals surface area contributed by atoms with Crippen LogP contribution in [0.15, 0.2) is 59.7 Å². The van der Waals surface area contributed by atoms with Gasteiger partial charge in [0.2, 0.25) is 0 Å². The molecule has 26 heavy (non-hydrogen) atoms. The third kappa shape index (κ3) is 3.65. The Balaban J connectivity index is 1.93. The van der Waals surface area contributed by atoms with Crippen LogP contribution in [0, 0.1) is 11.8 Å². The molecule has 0 fully saturated rings. The molecule has 3 N–H and O–H groups in total. The van der Waals surface area contributed by atoms with Crippen LogP contribution in [0.3, 0.4) is 0 Å². The van der Waals surface area contributed by atoms with Gasteiger partial charge in [-0.05, 0) is 24.3 Å². The average molecular weight is 370 g/mol. The van der Waals surface area contributed by atoms with E-state index in [4.69, 9.17) is 17.3 Å². The monoisotopic (exact) mass is 369 g/mol. The Labute approximate surface area is 155 Å². The molecule has 2 aromatic rings. The zero-order chi connectivity index (χ0) is 18.7. The van der Waals surface area contributed by atoms with Crippen molar-refractivity contribution in [2.24, 2.45) is 22.7 Å². The molecule has 0 saturated carbocycles. The first-order chi connectivity index (χ1) is 12.5. The summed E-state index contributed by atoms with van der Waals surface area (Å²) in [6.07, 6.45) is -0.153. The minimum atomic E-state index is -0.981. The maximum Gasteiger partial charge on any atom is 0.251 e. The van der Waals surface area contributed by atoms with Gasteiger partial charge in [-0.3, -0.25) is 14.4 Å². The van der Waals surface area contributed by atoms with Crippen molar-refractivity contribution >= 4 is 34.9 Å². The molecule has 6 nitrogen and oxygen atoms in total. The number of carbonyl (C=O) groups excluding carboxylic acids is 3. The summed E-state index contributed by atoms with van der Waals surface area (Å²) in [6, 6.07) is 14.9. The summed E-state index contributed by atoms with van der Waals surface area (Å²) in [5, 5.41) is 4.18. The number of carbonyl (C=O) groups is 3. The van der Waals surface area contributed by atoms with Crippen molar-refractivity contribution in [1.29, 1.82) is 0 Å². The van der Waals surface area contributed by atoms with Crippen LogP contribution in [-0.2, 0) is 4.79 Å². The number of nitrogens with two attached hydrogens (primary N) is 1. The molecule has 2 unspecified atom stereocenters. The fourth-order valence-corrected chi connectivity index (χ4v) is 3.04. The van der Waals surface area contributed by atoms with Crippen LogP contribution in [0.1, 0.15) is 27.1 Å². The van der Waals surface area contributed by atoms with E-state index in [1.165, 1.54) is 0 Å². The van der Waals surface area contributed by atoms with E-state index in [2.05, 4.69) is 10.5 Å². The lowest BCUT2D eigenvalue weighted by molar-refractivity contribution is -0.122. The molecular weight excluding hydrogens is 354 g/mol. The third-order valence-corrected chi connectivity index (χ3v) is 4.52. The second-order valence-electron chi connectivity index (χ2n) is 5.96. The molecule has 0 bridgehead atoms. The fourth-order valence-electron chi connectivity index (χ4n) is 2.91. The van der Waals surface area contributed by atoms with Gasteiger partial charge in [-0.15, -0.1) is 0 Å². The summed E-state index contributed by atoms with van der Waals surface area (Å²) in [5.74, 6) is -3.02. The Hall–Kier alpha value is -2.99. The fraction of sp³-hybridized carbons (Fsp3) is 0.158. The molecular formula is C19H16ClN3O3. The number of amides is 1. The number of hydrogen-bond acceptors (Lipinski definition) is 5. The molecule has 7 heteroatoms. The molecule has 2 aromatic carbocycles. The maximum atomic E-state index is 13.0. The first-order valence-electron chi connectivity index (χ1n) is 7.98. The molecule has 132 valence electrons. The van der Waals surface area contributed by atoms with Crippen molar-refractivity contribution in [3.05, 3.63) is 70.7 Å². The summed E-state index contributed by atoms with van der Waals surface area (Å²) in [4.78, 5) is 37.8. The molecule has 1 aliphatic rings. The normalized spacial score (nSPS) is 17.3. The van der Waals surface area contributed by atoms with Gasteiger partial charge in [-0.2, -0.15) is 5.10 Å². The van der Waals surface area contributed by atoms with Crippen LogP contribution < -0.4 is 11.2 Å². The summed E-state index contributed by atoms with van der Waals surface area (Å²) >= 11 is 5.87. The highest BCUT2D eigenvalue weighted by Crippen LogP contribution is 2.26. The smallest absolute Gasteiger partial charge is 0.251 e. The molecule has 1 amide bonds. The zero-order valence-electron chi connectivity index (χ0n) is 13.7. The number of amidine groups is 1.